The molecule has 4 heteroatoms. The minimum atomic E-state index is 0.308. The summed E-state index contributed by atoms with van der Waals surface area (Å²) in [4.78, 5) is 4.31. The van der Waals surface area contributed by atoms with Crippen LogP contribution in [0.4, 0.5) is 5.82 Å². The lowest BCUT2D eigenvalue weighted by atomic mass is 9.94. The molecule has 0 unspecified atom stereocenters. The number of aryl methyl sites for hydroxylation is 1. The number of nitrogens with two attached hydrogens (primary N) is 1. The van der Waals surface area contributed by atoms with Gasteiger partial charge >= 0.3 is 0 Å². The number of nitrogen functional groups attached to an aromatic ring is 1. The van der Waals surface area contributed by atoms with E-state index in [0.29, 0.717) is 11.4 Å². The lowest BCUT2D eigenvalue weighted by Crippen LogP contribution is -2.04. The lowest BCUT2D eigenvalue weighted by molar-refractivity contribution is 1.01. The highest BCUT2D eigenvalue weighted by atomic mass is 79.9. The van der Waals surface area contributed by atoms with E-state index in [4.69, 9.17) is 5.73 Å². The molecule has 0 fully saturated rings. The van der Waals surface area contributed by atoms with E-state index in [2.05, 4.69) is 27.0 Å². The van der Waals surface area contributed by atoms with E-state index in [1.165, 1.54) is 0 Å². The van der Waals surface area contributed by atoms with Crippen LogP contribution in [0.25, 0.3) is 11.1 Å². The average Bonchev–Trinajstić information content (AvgIpc) is 2.41. The van der Waals surface area contributed by atoms with Gasteiger partial charge < -0.3 is 5.73 Å². The summed E-state index contributed by atoms with van der Waals surface area (Å²) in [6.45, 7) is 4.02. The number of halogens is 1. The Hall–Kier alpha value is -1.86. The molecule has 0 saturated heterocycles. The van der Waals surface area contributed by atoms with Gasteiger partial charge in [0.1, 0.15) is 17.5 Å². The Morgan fingerprint density at radius 2 is 1.95 bits per heavy atom. The molecular weight excluding hydrogens is 302 g/mol. The van der Waals surface area contributed by atoms with Crippen molar-refractivity contribution in [2.24, 2.45) is 0 Å². The smallest absolute Gasteiger partial charge is 0.142 e. The predicted octanol–water partition coefficient (Wildman–Crippen LogP) is 3.84. The van der Waals surface area contributed by atoms with Crippen molar-refractivity contribution < 1.29 is 0 Å². The maximum atomic E-state index is 9.32. The highest BCUT2D eigenvalue weighted by molar-refractivity contribution is 9.10. The number of aromatic nitrogens is 1. The lowest BCUT2D eigenvalue weighted by Gasteiger charge is -2.14. The van der Waals surface area contributed by atoms with Crippen LogP contribution >= 0.6 is 15.9 Å². The molecule has 0 aliphatic carbocycles. The third-order valence-corrected chi connectivity index (χ3v) is 3.68. The Balaban J connectivity index is 2.77. The standard InChI is InChI=1S/C15H14BrN3/c1-3-13-9(2)14(12(8-17)15(18)19-13)10-4-6-11(16)7-5-10/h4-7H,3H2,1-2H3,(H2,18,19). The Labute approximate surface area is 121 Å². The Kier molecular flexibility index (Phi) is 3.87. The molecule has 19 heavy (non-hydrogen) atoms. The number of anilines is 1. The summed E-state index contributed by atoms with van der Waals surface area (Å²) in [5, 5.41) is 9.32. The number of pyridine rings is 1. The van der Waals surface area contributed by atoms with E-state index in [1.54, 1.807) is 0 Å². The number of hydrogen-bond acceptors (Lipinski definition) is 3. The number of hydrogen-bond donors (Lipinski definition) is 1. The molecule has 1 aromatic heterocycles. The van der Waals surface area contributed by atoms with Crippen LogP contribution in [0.5, 0.6) is 0 Å². The van der Waals surface area contributed by atoms with E-state index < -0.39 is 0 Å². The van der Waals surface area contributed by atoms with Crippen molar-refractivity contribution in [1.82, 2.24) is 4.98 Å². The minimum Gasteiger partial charge on any atom is -0.383 e. The summed E-state index contributed by atoms with van der Waals surface area (Å²) in [5.41, 5.74) is 10.2. The molecule has 0 aliphatic rings. The van der Waals surface area contributed by atoms with Gasteiger partial charge in [0.05, 0.1) is 0 Å². The van der Waals surface area contributed by atoms with Gasteiger partial charge in [0.25, 0.3) is 0 Å². The van der Waals surface area contributed by atoms with Crippen molar-refractivity contribution >= 4 is 21.7 Å². The fraction of sp³-hybridized carbons (Fsp3) is 0.200. The molecule has 2 N–H and O–H groups in total. The van der Waals surface area contributed by atoms with Crippen LogP contribution in [0.3, 0.4) is 0 Å². The molecule has 2 aromatic rings. The van der Waals surface area contributed by atoms with Crippen molar-refractivity contribution in [3.05, 3.63) is 45.6 Å². The van der Waals surface area contributed by atoms with E-state index in [1.807, 2.05) is 38.1 Å². The summed E-state index contributed by atoms with van der Waals surface area (Å²) in [6.07, 6.45) is 0.797. The van der Waals surface area contributed by atoms with Crippen LogP contribution in [-0.2, 0) is 6.42 Å². The van der Waals surface area contributed by atoms with E-state index in [-0.39, 0.29) is 0 Å². The first-order valence-electron chi connectivity index (χ1n) is 6.03. The van der Waals surface area contributed by atoms with Crippen LogP contribution < -0.4 is 5.73 Å². The Morgan fingerprint density at radius 1 is 1.32 bits per heavy atom. The van der Waals surface area contributed by atoms with Crippen LogP contribution in [0.15, 0.2) is 28.7 Å². The van der Waals surface area contributed by atoms with Crippen LogP contribution in [0.2, 0.25) is 0 Å². The average molecular weight is 316 g/mol. The second kappa shape index (κ2) is 5.41. The first kappa shape index (κ1) is 13.6. The quantitative estimate of drug-likeness (QED) is 0.915. The summed E-state index contributed by atoms with van der Waals surface area (Å²) < 4.78 is 1.00. The molecule has 1 heterocycles. The SMILES string of the molecule is CCc1nc(N)c(C#N)c(-c2ccc(Br)cc2)c1C. The zero-order chi connectivity index (χ0) is 14.0. The molecule has 0 aliphatic heterocycles. The molecule has 2 rings (SSSR count). The Morgan fingerprint density at radius 3 is 2.47 bits per heavy atom. The molecule has 0 spiro atoms. The number of nitriles is 1. The molecule has 96 valence electrons. The molecule has 0 atom stereocenters. The first-order chi connectivity index (χ1) is 9.08. The van der Waals surface area contributed by atoms with Crippen LogP contribution in [0.1, 0.15) is 23.7 Å². The second-order valence-corrected chi connectivity index (χ2v) is 5.21. The second-order valence-electron chi connectivity index (χ2n) is 4.29. The molecular formula is C15H14BrN3. The maximum Gasteiger partial charge on any atom is 0.142 e. The van der Waals surface area contributed by atoms with Gasteiger partial charge in [-0.1, -0.05) is 35.0 Å². The fourth-order valence-corrected chi connectivity index (χ4v) is 2.44. The summed E-state index contributed by atoms with van der Waals surface area (Å²) in [6, 6.07) is 10.0. The number of benzene rings is 1. The Bertz CT molecular complexity index is 654. The largest absolute Gasteiger partial charge is 0.383 e. The van der Waals surface area contributed by atoms with Crippen molar-refractivity contribution in [3.63, 3.8) is 0 Å². The van der Waals surface area contributed by atoms with E-state index in [0.717, 1.165) is 33.3 Å². The normalized spacial score (nSPS) is 10.2. The highest BCUT2D eigenvalue weighted by Gasteiger charge is 2.16. The minimum absolute atomic E-state index is 0.308. The van der Waals surface area contributed by atoms with Crippen LogP contribution in [-0.4, -0.2) is 4.98 Å². The van der Waals surface area contributed by atoms with Gasteiger partial charge in [-0.05, 0) is 36.6 Å². The van der Waals surface area contributed by atoms with Gasteiger partial charge in [0, 0.05) is 15.7 Å². The molecule has 0 saturated carbocycles. The van der Waals surface area contributed by atoms with Gasteiger partial charge in [-0.15, -0.1) is 0 Å². The molecule has 0 bridgehead atoms. The van der Waals surface area contributed by atoms with Gasteiger partial charge in [0.15, 0.2) is 0 Å². The first-order valence-corrected chi connectivity index (χ1v) is 6.82. The molecule has 0 radical (unpaired) electrons. The summed E-state index contributed by atoms with van der Waals surface area (Å²) in [5.74, 6) is 0.308. The van der Waals surface area contributed by atoms with E-state index in [9.17, 15) is 5.26 Å². The summed E-state index contributed by atoms with van der Waals surface area (Å²) in [7, 11) is 0. The third-order valence-electron chi connectivity index (χ3n) is 3.15. The van der Waals surface area contributed by atoms with Gasteiger partial charge in [-0.2, -0.15) is 5.26 Å². The topological polar surface area (TPSA) is 62.7 Å². The summed E-state index contributed by atoms with van der Waals surface area (Å²) >= 11 is 3.41. The van der Waals surface area contributed by atoms with Gasteiger partial charge in [0.2, 0.25) is 0 Å². The highest BCUT2D eigenvalue weighted by Crippen LogP contribution is 2.32. The van der Waals surface area contributed by atoms with E-state index >= 15 is 0 Å². The van der Waals surface area contributed by atoms with Crippen molar-refractivity contribution in [2.45, 2.75) is 20.3 Å². The monoisotopic (exact) mass is 315 g/mol. The van der Waals surface area contributed by atoms with Crippen molar-refractivity contribution in [3.8, 4) is 17.2 Å². The number of rotatable bonds is 2. The molecule has 0 amide bonds. The van der Waals surface area contributed by atoms with Gasteiger partial charge in [-0.3, -0.25) is 0 Å². The molecule has 3 nitrogen and oxygen atoms in total. The maximum absolute atomic E-state index is 9.32. The van der Waals surface area contributed by atoms with Crippen molar-refractivity contribution in [1.29, 1.82) is 5.26 Å². The van der Waals surface area contributed by atoms with Crippen LogP contribution in [0, 0.1) is 18.3 Å². The zero-order valence-electron chi connectivity index (χ0n) is 10.9. The third kappa shape index (κ3) is 2.47. The zero-order valence-corrected chi connectivity index (χ0v) is 12.5. The van der Waals surface area contributed by atoms with Crippen molar-refractivity contribution in [2.75, 3.05) is 5.73 Å². The predicted molar refractivity (Wildman–Crippen MR) is 80.6 cm³/mol. The molecule has 1 aromatic carbocycles. The fourth-order valence-electron chi connectivity index (χ4n) is 2.18. The number of nitrogens with zero attached hydrogens (tertiary/aromatic N) is 2. The van der Waals surface area contributed by atoms with Gasteiger partial charge in [-0.25, -0.2) is 4.98 Å².